The van der Waals surface area contributed by atoms with E-state index in [4.69, 9.17) is 5.73 Å². The lowest BCUT2D eigenvalue weighted by Crippen LogP contribution is -2.43. The second-order valence-corrected chi connectivity index (χ2v) is 4.52. The van der Waals surface area contributed by atoms with E-state index < -0.39 is 5.54 Å². The van der Waals surface area contributed by atoms with Crippen molar-refractivity contribution in [3.63, 3.8) is 0 Å². The van der Waals surface area contributed by atoms with Gasteiger partial charge in [-0.1, -0.05) is 19.1 Å². The molecule has 1 aromatic carbocycles. The van der Waals surface area contributed by atoms with Gasteiger partial charge in [-0.2, -0.15) is 0 Å². The Kier molecular flexibility index (Phi) is 3.15. The number of hydrogen-bond acceptors (Lipinski definition) is 2. The number of halogens is 1. The maximum atomic E-state index is 13.7. The molecule has 0 fully saturated rings. The number of amides is 1. The fraction of sp³-hybridized carbons (Fsp3) is 0.462. The standard InChI is InChI=1S/C13H17FN2O/c1-2-16-13(8-12(15)17)7-6-9-10(13)4-3-5-11(9)14/h3-5,16H,2,6-8H2,1H3,(H2,15,17). The molecule has 0 saturated carbocycles. The zero-order chi connectivity index (χ0) is 12.5. The normalized spacial score (nSPS) is 22.5. The van der Waals surface area contributed by atoms with Crippen LogP contribution in [0.4, 0.5) is 4.39 Å². The predicted octanol–water partition coefficient (Wildman–Crippen LogP) is 1.45. The predicted molar refractivity (Wildman–Crippen MR) is 63.9 cm³/mol. The first kappa shape index (κ1) is 12.0. The van der Waals surface area contributed by atoms with Crippen LogP contribution in [0.1, 0.15) is 30.9 Å². The molecule has 0 heterocycles. The minimum atomic E-state index is -0.474. The van der Waals surface area contributed by atoms with Crippen LogP contribution in [0.25, 0.3) is 0 Å². The van der Waals surface area contributed by atoms with Crippen molar-refractivity contribution in [3.8, 4) is 0 Å². The number of nitrogens with two attached hydrogens (primary N) is 1. The fourth-order valence-electron chi connectivity index (χ4n) is 2.80. The molecule has 1 amide bonds. The van der Waals surface area contributed by atoms with E-state index in [1.54, 1.807) is 6.07 Å². The highest BCUT2D eigenvalue weighted by atomic mass is 19.1. The highest BCUT2D eigenvalue weighted by Crippen LogP contribution is 2.40. The average molecular weight is 236 g/mol. The smallest absolute Gasteiger partial charge is 0.219 e. The molecule has 3 N–H and O–H groups in total. The van der Waals surface area contributed by atoms with Crippen molar-refractivity contribution in [1.82, 2.24) is 5.32 Å². The average Bonchev–Trinajstić information content (AvgIpc) is 2.59. The highest BCUT2D eigenvalue weighted by molar-refractivity contribution is 5.76. The van der Waals surface area contributed by atoms with Gasteiger partial charge in [-0.15, -0.1) is 0 Å². The zero-order valence-corrected chi connectivity index (χ0v) is 9.92. The summed E-state index contributed by atoms with van der Waals surface area (Å²) in [7, 11) is 0. The molecule has 92 valence electrons. The van der Waals surface area contributed by atoms with Gasteiger partial charge in [0, 0.05) is 6.42 Å². The molecule has 2 rings (SSSR count). The van der Waals surface area contributed by atoms with Crippen LogP contribution in [-0.4, -0.2) is 12.5 Å². The van der Waals surface area contributed by atoms with Gasteiger partial charge in [0.25, 0.3) is 0 Å². The topological polar surface area (TPSA) is 55.1 Å². The number of carbonyl (C=O) groups excluding carboxylic acids is 1. The van der Waals surface area contributed by atoms with Gasteiger partial charge in [-0.05, 0) is 36.6 Å². The Morgan fingerprint density at radius 3 is 3.00 bits per heavy atom. The van der Waals surface area contributed by atoms with Crippen LogP contribution in [0.2, 0.25) is 0 Å². The summed E-state index contributed by atoms with van der Waals surface area (Å²) in [5, 5.41) is 3.31. The third-order valence-electron chi connectivity index (χ3n) is 3.43. The van der Waals surface area contributed by atoms with Crippen LogP contribution in [0.15, 0.2) is 18.2 Å². The van der Waals surface area contributed by atoms with Gasteiger partial charge in [-0.25, -0.2) is 4.39 Å². The minimum Gasteiger partial charge on any atom is -0.370 e. The SMILES string of the molecule is CCNC1(CC(N)=O)CCc2c(F)cccc21. The number of fused-ring (bicyclic) bond motifs is 1. The molecule has 4 heteroatoms. The molecule has 17 heavy (non-hydrogen) atoms. The molecule has 1 aromatic rings. The van der Waals surface area contributed by atoms with Crippen LogP contribution >= 0.6 is 0 Å². The van der Waals surface area contributed by atoms with Gasteiger partial charge in [0.05, 0.1) is 5.54 Å². The third kappa shape index (κ3) is 2.05. The summed E-state index contributed by atoms with van der Waals surface area (Å²) in [6, 6.07) is 5.04. The van der Waals surface area contributed by atoms with E-state index in [1.807, 2.05) is 13.0 Å². The maximum Gasteiger partial charge on any atom is 0.219 e. The van der Waals surface area contributed by atoms with E-state index in [0.29, 0.717) is 6.42 Å². The summed E-state index contributed by atoms with van der Waals surface area (Å²) in [6.45, 7) is 2.70. The lowest BCUT2D eigenvalue weighted by atomic mass is 9.87. The Hall–Kier alpha value is -1.42. The van der Waals surface area contributed by atoms with Crippen molar-refractivity contribution < 1.29 is 9.18 Å². The summed E-state index contributed by atoms with van der Waals surface area (Å²) < 4.78 is 13.7. The number of rotatable bonds is 4. The molecule has 1 aliphatic rings. The lowest BCUT2D eigenvalue weighted by Gasteiger charge is -2.30. The highest BCUT2D eigenvalue weighted by Gasteiger charge is 2.40. The first-order valence-electron chi connectivity index (χ1n) is 5.90. The van der Waals surface area contributed by atoms with E-state index in [9.17, 15) is 9.18 Å². The van der Waals surface area contributed by atoms with Crippen LogP contribution < -0.4 is 11.1 Å². The van der Waals surface area contributed by atoms with E-state index >= 15 is 0 Å². The number of primary amides is 1. The first-order chi connectivity index (χ1) is 8.09. The Morgan fingerprint density at radius 1 is 1.59 bits per heavy atom. The van der Waals surface area contributed by atoms with Gasteiger partial charge in [0.1, 0.15) is 5.82 Å². The molecule has 0 bridgehead atoms. The van der Waals surface area contributed by atoms with Gasteiger partial charge >= 0.3 is 0 Å². The molecular formula is C13H17FN2O. The summed E-state index contributed by atoms with van der Waals surface area (Å²) in [5.74, 6) is -0.546. The molecule has 0 aliphatic heterocycles. The molecule has 3 nitrogen and oxygen atoms in total. The third-order valence-corrected chi connectivity index (χ3v) is 3.43. The largest absolute Gasteiger partial charge is 0.370 e. The second-order valence-electron chi connectivity index (χ2n) is 4.52. The van der Waals surface area contributed by atoms with E-state index in [1.165, 1.54) is 6.07 Å². The zero-order valence-electron chi connectivity index (χ0n) is 9.92. The van der Waals surface area contributed by atoms with Crippen LogP contribution in [0.3, 0.4) is 0 Å². The second kappa shape index (κ2) is 4.45. The minimum absolute atomic E-state index is 0.188. The molecular weight excluding hydrogens is 219 g/mol. The Balaban J connectivity index is 2.45. The first-order valence-corrected chi connectivity index (χ1v) is 5.90. The Bertz CT molecular complexity index is 447. The molecule has 1 unspecified atom stereocenters. The van der Waals surface area contributed by atoms with Gasteiger partial charge in [-0.3, -0.25) is 4.79 Å². The number of hydrogen-bond donors (Lipinski definition) is 2. The van der Waals surface area contributed by atoms with Gasteiger partial charge < -0.3 is 11.1 Å². The summed E-state index contributed by atoms with van der Waals surface area (Å²) in [4.78, 5) is 11.2. The van der Waals surface area contributed by atoms with Gasteiger partial charge in [0.2, 0.25) is 5.91 Å². The van der Waals surface area contributed by atoms with Crippen molar-refractivity contribution in [2.45, 2.75) is 31.7 Å². The summed E-state index contributed by atoms with van der Waals surface area (Å²) in [6.07, 6.45) is 1.60. The van der Waals surface area contributed by atoms with Crippen molar-refractivity contribution >= 4 is 5.91 Å². The lowest BCUT2D eigenvalue weighted by molar-refractivity contribution is -0.119. The fourth-order valence-corrected chi connectivity index (χ4v) is 2.80. The molecule has 0 aromatic heterocycles. The Labute approximate surface area is 100 Å². The quantitative estimate of drug-likeness (QED) is 0.831. The van der Waals surface area contributed by atoms with Crippen LogP contribution in [0.5, 0.6) is 0 Å². The Morgan fingerprint density at radius 2 is 2.35 bits per heavy atom. The van der Waals surface area contributed by atoms with Crippen molar-refractivity contribution in [3.05, 3.63) is 35.1 Å². The van der Waals surface area contributed by atoms with E-state index in [-0.39, 0.29) is 18.1 Å². The monoisotopic (exact) mass is 236 g/mol. The number of benzene rings is 1. The summed E-state index contributed by atoms with van der Waals surface area (Å²) in [5.41, 5.74) is 6.44. The van der Waals surface area contributed by atoms with E-state index in [2.05, 4.69) is 5.32 Å². The van der Waals surface area contributed by atoms with Crippen molar-refractivity contribution in [2.75, 3.05) is 6.54 Å². The van der Waals surface area contributed by atoms with Gasteiger partial charge in [0.15, 0.2) is 0 Å². The molecule has 1 aliphatic carbocycles. The number of carbonyl (C=O) groups is 1. The van der Waals surface area contributed by atoms with Crippen molar-refractivity contribution in [1.29, 1.82) is 0 Å². The van der Waals surface area contributed by atoms with E-state index in [0.717, 1.165) is 24.1 Å². The molecule has 0 spiro atoms. The molecule has 0 saturated heterocycles. The summed E-state index contributed by atoms with van der Waals surface area (Å²) >= 11 is 0. The molecule has 0 radical (unpaired) electrons. The van der Waals surface area contributed by atoms with Crippen molar-refractivity contribution in [2.24, 2.45) is 5.73 Å². The maximum absolute atomic E-state index is 13.7. The van der Waals surface area contributed by atoms with Crippen LogP contribution in [0, 0.1) is 5.82 Å². The molecule has 1 atom stereocenters. The van der Waals surface area contributed by atoms with Crippen LogP contribution in [-0.2, 0) is 16.8 Å². The number of nitrogens with one attached hydrogen (secondary N) is 1.